The van der Waals surface area contributed by atoms with Crippen LogP contribution < -0.4 is 20.1 Å². The molecule has 0 unspecified atom stereocenters. The van der Waals surface area contributed by atoms with Crippen molar-refractivity contribution in [1.29, 1.82) is 0 Å². The Hall–Kier alpha value is -2.84. The van der Waals surface area contributed by atoms with Gasteiger partial charge in [-0.25, -0.2) is 4.39 Å². The van der Waals surface area contributed by atoms with Crippen LogP contribution >= 0.6 is 0 Å². The molecule has 0 aliphatic heterocycles. The normalized spacial score (nSPS) is 26.3. The molecule has 0 heterocycles. The molecule has 3 rings (SSSR count). The molecule has 0 saturated heterocycles. The van der Waals surface area contributed by atoms with E-state index in [0.717, 1.165) is 12.5 Å². The van der Waals surface area contributed by atoms with E-state index in [4.69, 9.17) is 14.2 Å². The molecule has 2 aliphatic carbocycles. The number of esters is 1. The summed E-state index contributed by atoms with van der Waals surface area (Å²) in [4.78, 5) is 38.4. The van der Waals surface area contributed by atoms with Gasteiger partial charge in [-0.2, -0.15) is 0 Å². The zero-order valence-corrected chi connectivity index (χ0v) is 23.7. The highest BCUT2D eigenvalue weighted by Gasteiger charge is 2.40. The van der Waals surface area contributed by atoms with Gasteiger partial charge >= 0.3 is 5.97 Å². The second-order valence-corrected chi connectivity index (χ2v) is 12.1. The van der Waals surface area contributed by atoms with E-state index < -0.39 is 17.1 Å². The van der Waals surface area contributed by atoms with Gasteiger partial charge in [0.1, 0.15) is 5.75 Å². The number of amides is 2. The number of benzene rings is 1. The number of rotatable bonds is 8. The Bertz CT molecular complexity index is 1030. The molecule has 212 valence electrons. The second kappa shape index (κ2) is 11.9. The fraction of sp³-hybridized carbons (Fsp3) is 0.690. The van der Waals surface area contributed by atoms with Gasteiger partial charge in [-0.3, -0.25) is 14.4 Å². The Balaban J connectivity index is 1.71. The van der Waals surface area contributed by atoms with Crippen LogP contribution in [0.25, 0.3) is 0 Å². The number of nitrogens with one attached hydrogen (secondary N) is 2. The maximum absolute atomic E-state index is 14.9. The first-order chi connectivity index (χ1) is 17.8. The Morgan fingerprint density at radius 3 is 2.29 bits per heavy atom. The van der Waals surface area contributed by atoms with E-state index in [-0.39, 0.29) is 58.5 Å². The topological polar surface area (TPSA) is 103 Å². The van der Waals surface area contributed by atoms with Crippen molar-refractivity contribution in [2.45, 2.75) is 97.8 Å². The number of carbonyl (C=O) groups is 3. The third-order valence-corrected chi connectivity index (χ3v) is 8.33. The van der Waals surface area contributed by atoms with Crippen molar-refractivity contribution in [2.75, 3.05) is 14.2 Å². The molecule has 2 fully saturated rings. The highest BCUT2D eigenvalue weighted by molar-refractivity contribution is 5.98. The highest BCUT2D eigenvalue weighted by atomic mass is 19.1. The van der Waals surface area contributed by atoms with Crippen LogP contribution in [0.4, 0.5) is 4.39 Å². The van der Waals surface area contributed by atoms with Crippen LogP contribution in [0.2, 0.25) is 0 Å². The van der Waals surface area contributed by atoms with Crippen LogP contribution in [0.5, 0.6) is 11.5 Å². The number of methoxy groups -OCH3 is 2. The predicted molar refractivity (Wildman–Crippen MR) is 142 cm³/mol. The molecule has 2 N–H and O–H groups in total. The Labute approximate surface area is 225 Å². The van der Waals surface area contributed by atoms with Crippen LogP contribution in [-0.4, -0.2) is 50.2 Å². The van der Waals surface area contributed by atoms with Gasteiger partial charge in [-0.15, -0.1) is 0 Å². The molecule has 0 aromatic heterocycles. The van der Waals surface area contributed by atoms with Crippen molar-refractivity contribution >= 4 is 17.8 Å². The van der Waals surface area contributed by atoms with E-state index in [1.54, 1.807) is 0 Å². The molecule has 0 bridgehead atoms. The Morgan fingerprint density at radius 2 is 1.71 bits per heavy atom. The summed E-state index contributed by atoms with van der Waals surface area (Å²) < 4.78 is 31.1. The standard InChI is InChI=1S/C29H43FN2O6/c1-17(28(2,3)4)31-25(33)19-9-8-10-22(19)32-26(34)20-15-24(21(30)16-23(20)36-6)38-18-11-13-29(5,14-12-18)27(35)37-7/h15-19,22H,8-14H2,1-7H3,(H,31,33)(H,32,34)/t17-,18?,19+,22-,29?/m1/s1. The third-order valence-electron chi connectivity index (χ3n) is 8.33. The van der Waals surface area contributed by atoms with E-state index in [1.807, 2.05) is 13.8 Å². The average molecular weight is 535 g/mol. The molecule has 2 aliphatic rings. The minimum absolute atomic E-state index is 0.0193. The molecule has 1 aromatic carbocycles. The minimum atomic E-state index is -0.631. The van der Waals surface area contributed by atoms with Crippen molar-refractivity contribution in [2.24, 2.45) is 16.7 Å². The first-order valence-electron chi connectivity index (χ1n) is 13.5. The van der Waals surface area contributed by atoms with Gasteiger partial charge in [0.25, 0.3) is 5.91 Å². The second-order valence-electron chi connectivity index (χ2n) is 12.1. The summed E-state index contributed by atoms with van der Waals surface area (Å²) in [7, 11) is 2.75. The number of carbonyl (C=O) groups excluding carboxylic acids is 3. The molecule has 2 amide bonds. The lowest BCUT2D eigenvalue weighted by Crippen LogP contribution is -2.49. The van der Waals surface area contributed by atoms with Gasteiger partial charge in [0, 0.05) is 18.2 Å². The molecule has 3 atom stereocenters. The maximum Gasteiger partial charge on any atom is 0.311 e. The molecule has 0 spiro atoms. The third kappa shape index (κ3) is 6.77. The van der Waals surface area contributed by atoms with Crippen LogP contribution in [-0.2, 0) is 14.3 Å². The summed E-state index contributed by atoms with van der Waals surface area (Å²) in [6.45, 7) is 10.0. The fourth-order valence-electron chi connectivity index (χ4n) is 5.18. The largest absolute Gasteiger partial charge is 0.496 e. The van der Waals surface area contributed by atoms with Gasteiger partial charge in [-0.1, -0.05) is 27.2 Å². The lowest BCUT2D eigenvalue weighted by Gasteiger charge is -2.35. The van der Waals surface area contributed by atoms with Crippen molar-refractivity contribution in [1.82, 2.24) is 10.6 Å². The number of hydrogen-bond acceptors (Lipinski definition) is 6. The van der Waals surface area contributed by atoms with Gasteiger partial charge in [-0.05, 0) is 63.9 Å². The summed E-state index contributed by atoms with van der Waals surface area (Å²) in [5.74, 6) is -1.68. The van der Waals surface area contributed by atoms with Crippen LogP contribution in [0.1, 0.15) is 89.9 Å². The molecule has 2 saturated carbocycles. The Morgan fingerprint density at radius 1 is 1.05 bits per heavy atom. The van der Waals surface area contributed by atoms with Crippen LogP contribution in [0.3, 0.4) is 0 Å². The summed E-state index contributed by atoms with van der Waals surface area (Å²) in [6.07, 6.45) is 4.15. The molecular weight excluding hydrogens is 491 g/mol. The number of halogens is 1. The van der Waals surface area contributed by atoms with Crippen LogP contribution in [0, 0.1) is 22.6 Å². The molecule has 0 radical (unpaired) electrons. The van der Waals surface area contributed by atoms with Crippen molar-refractivity contribution < 1.29 is 33.0 Å². The Kier molecular flexibility index (Phi) is 9.31. The summed E-state index contributed by atoms with van der Waals surface area (Å²) in [5.41, 5.74) is -0.512. The number of ether oxygens (including phenoxy) is 3. The smallest absolute Gasteiger partial charge is 0.311 e. The van der Waals surface area contributed by atoms with Crippen molar-refractivity contribution in [3.05, 3.63) is 23.5 Å². The van der Waals surface area contributed by atoms with E-state index in [0.29, 0.717) is 38.5 Å². The lowest BCUT2D eigenvalue weighted by atomic mass is 9.75. The van der Waals surface area contributed by atoms with E-state index in [1.165, 1.54) is 20.3 Å². The summed E-state index contributed by atoms with van der Waals surface area (Å²) in [6, 6.07) is 2.16. The van der Waals surface area contributed by atoms with Gasteiger partial charge < -0.3 is 24.8 Å². The maximum atomic E-state index is 14.9. The summed E-state index contributed by atoms with van der Waals surface area (Å²) in [5, 5.41) is 6.08. The average Bonchev–Trinajstić information content (AvgIpc) is 3.33. The molecular formula is C29H43FN2O6. The summed E-state index contributed by atoms with van der Waals surface area (Å²) >= 11 is 0. The molecule has 8 nitrogen and oxygen atoms in total. The van der Waals surface area contributed by atoms with E-state index in [9.17, 15) is 18.8 Å². The predicted octanol–water partition coefficient (Wildman–Crippen LogP) is 4.78. The highest BCUT2D eigenvalue weighted by Crippen LogP contribution is 2.39. The zero-order chi connectivity index (χ0) is 28.3. The number of hydrogen-bond donors (Lipinski definition) is 2. The molecule has 1 aromatic rings. The first kappa shape index (κ1) is 29.7. The minimum Gasteiger partial charge on any atom is -0.496 e. The quantitative estimate of drug-likeness (QED) is 0.465. The van der Waals surface area contributed by atoms with Gasteiger partial charge in [0.05, 0.1) is 37.2 Å². The first-order valence-corrected chi connectivity index (χ1v) is 13.5. The van der Waals surface area contributed by atoms with Crippen molar-refractivity contribution in [3.8, 4) is 11.5 Å². The fourth-order valence-corrected chi connectivity index (χ4v) is 5.18. The van der Waals surface area contributed by atoms with E-state index >= 15 is 0 Å². The van der Waals surface area contributed by atoms with Crippen molar-refractivity contribution in [3.63, 3.8) is 0 Å². The van der Waals surface area contributed by atoms with Crippen LogP contribution in [0.15, 0.2) is 12.1 Å². The SMILES string of the molecule is COC(=O)C1(C)CCC(Oc2cc(C(=O)N[C@@H]3CCC[C@@H]3C(=O)N[C@H](C)C(C)(C)C)c(OC)cc2F)CC1. The molecule has 38 heavy (non-hydrogen) atoms. The lowest BCUT2D eigenvalue weighted by molar-refractivity contribution is -0.154. The van der Waals surface area contributed by atoms with E-state index in [2.05, 4.69) is 31.4 Å². The zero-order valence-electron chi connectivity index (χ0n) is 23.7. The van der Waals surface area contributed by atoms with Gasteiger partial charge in [0.15, 0.2) is 11.6 Å². The monoisotopic (exact) mass is 534 g/mol. The molecule has 9 heteroatoms. The van der Waals surface area contributed by atoms with Gasteiger partial charge in [0.2, 0.25) is 5.91 Å².